The number of hydrogen-bond acceptors (Lipinski definition) is 7. The van der Waals surface area contributed by atoms with Gasteiger partial charge in [-0.15, -0.1) is 0 Å². The number of hydrogen-bond donors (Lipinski definition) is 0. The van der Waals surface area contributed by atoms with Crippen molar-refractivity contribution < 1.29 is 13.3 Å². The minimum Gasteiger partial charge on any atom is -0.305 e. The van der Waals surface area contributed by atoms with Gasteiger partial charge < -0.3 is 4.57 Å². The number of halogens is 1. The molecule has 0 bridgehead atoms. The van der Waals surface area contributed by atoms with E-state index in [0.717, 1.165) is 10.5 Å². The van der Waals surface area contributed by atoms with Gasteiger partial charge in [0, 0.05) is 37.8 Å². The Kier molecular flexibility index (Phi) is 5.17. The molecule has 0 amide bonds. The van der Waals surface area contributed by atoms with Crippen molar-refractivity contribution in [2.24, 2.45) is 5.10 Å². The zero-order chi connectivity index (χ0) is 22.2. The Labute approximate surface area is 181 Å². The molecule has 11 nitrogen and oxygen atoms in total. The minimum absolute atomic E-state index is 0.201. The summed E-state index contributed by atoms with van der Waals surface area (Å²) < 4.78 is 30.3. The Hall–Kier alpha value is -3.77. The summed E-state index contributed by atoms with van der Waals surface area (Å²) in [6, 6.07) is 6.95. The Balaban J connectivity index is 1.75. The van der Waals surface area contributed by atoms with E-state index in [1.165, 1.54) is 54.9 Å². The van der Waals surface area contributed by atoms with E-state index in [4.69, 9.17) is 11.6 Å². The fourth-order valence-corrected chi connectivity index (χ4v) is 4.18. The SMILES string of the molecule is CN(/N=C/c1cnc2ccc(Cl)cn12)S(=O)(=O)c1cc([N+](=O)[O-])ccc1-n1ccnc1. The van der Waals surface area contributed by atoms with Gasteiger partial charge in [-0.05, 0) is 18.2 Å². The number of nitro benzene ring substituents is 1. The first-order valence-corrected chi connectivity index (χ1v) is 10.5. The molecule has 1 aromatic carbocycles. The maximum Gasteiger partial charge on any atom is 0.281 e. The van der Waals surface area contributed by atoms with Gasteiger partial charge in [0.1, 0.15) is 10.5 Å². The Morgan fingerprint density at radius 3 is 2.81 bits per heavy atom. The van der Waals surface area contributed by atoms with Gasteiger partial charge in [0.2, 0.25) is 0 Å². The Morgan fingerprint density at radius 1 is 1.29 bits per heavy atom. The molecule has 0 spiro atoms. The third-order valence-electron chi connectivity index (χ3n) is 4.41. The molecule has 0 saturated carbocycles. The van der Waals surface area contributed by atoms with E-state index in [0.29, 0.717) is 16.4 Å². The normalized spacial score (nSPS) is 11.9. The first-order valence-electron chi connectivity index (χ1n) is 8.69. The van der Waals surface area contributed by atoms with Crippen LogP contribution in [0.3, 0.4) is 0 Å². The number of non-ortho nitro benzene ring substituents is 1. The van der Waals surface area contributed by atoms with Crippen LogP contribution in [0.15, 0.2) is 71.4 Å². The largest absolute Gasteiger partial charge is 0.305 e. The van der Waals surface area contributed by atoms with Crippen LogP contribution in [0.4, 0.5) is 5.69 Å². The molecule has 0 aliphatic heterocycles. The highest BCUT2D eigenvalue weighted by atomic mass is 35.5. The molecule has 0 radical (unpaired) electrons. The van der Waals surface area contributed by atoms with Gasteiger partial charge in [0.15, 0.2) is 0 Å². The van der Waals surface area contributed by atoms with Crippen molar-refractivity contribution in [2.45, 2.75) is 4.90 Å². The molecule has 0 aliphatic rings. The number of rotatable bonds is 6. The van der Waals surface area contributed by atoms with Crippen molar-refractivity contribution in [3.05, 3.63) is 82.3 Å². The summed E-state index contributed by atoms with van der Waals surface area (Å²) in [5.41, 5.74) is 0.939. The van der Waals surface area contributed by atoms with Gasteiger partial charge in [-0.1, -0.05) is 11.6 Å². The van der Waals surface area contributed by atoms with Crippen LogP contribution in [0.1, 0.15) is 5.69 Å². The summed E-state index contributed by atoms with van der Waals surface area (Å²) >= 11 is 6.01. The lowest BCUT2D eigenvalue weighted by molar-refractivity contribution is -0.385. The summed E-state index contributed by atoms with van der Waals surface area (Å²) in [5, 5.41) is 15.7. The van der Waals surface area contributed by atoms with E-state index < -0.39 is 14.9 Å². The highest BCUT2D eigenvalue weighted by molar-refractivity contribution is 7.89. The lowest BCUT2D eigenvalue weighted by Gasteiger charge is -2.16. The van der Waals surface area contributed by atoms with E-state index >= 15 is 0 Å². The summed E-state index contributed by atoms with van der Waals surface area (Å²) in [5.74, 6) is 0. The molecule has 31 heavy (non-hydrogen) atoms. The van der Waals surface area contributed by atoms with Crippen LogP contribution >= 0.6 is 11.6 Å². The zero-order valence-electron chi connectivity index (χ0n) is 15.9. The standard InChI is InChI=1S/C18H14ClN7O4S/c1-23(22-10-15-9-21-18-5-2-13(19)11-25(15)18)31(29,30)17-8-14(26(27)28)3-4-16(17)24-7-6-20-12-24/h2-12H,1H3/b22-10+. The fourth-order valence-electron chi connectivity index (χ4n) is 2.85. The van der Waals surface area contributed by atoms with E-state index in [2.05, 4.69) is 15.1 Å². The molecule has 4 aromatic rings. The molecule has 3 aromatic heterocycles. The van der Waals surface area contributed by atoms with Crippen LogP contribution in [0, 0.1) is 10.1 Å². The van der Waals surface area contributed by atoms with Crippen LogP contribution < -0.4 is 0 Å². The maximum atomic E-state index is 13.2. The van der Waals surface area contributed by atoms with Gasteiger partial charge >= 0.3 is 0 Å². The van der Waals surface area contributed by atoms with Gasteiger partial charge in [-0.25, -0.2) is 9.97 Å². The lowest BCUT2D eigenvalue weighted by atomic mass is 10.3. The Morgan fingerprint density at radius 2 is 2.10 bits per heavy atom. The number of benzene rings is 1. The third-order valence-corrected chi connectivity index (χ3v) is 6.31. The number of imidazole rings is 2. The summed E-state index contributed by atoms with van der Waals surface area (Å²) in [6.45, 7) is 0. The molecule has 0 saturated heterocycles. The highest BCUT2D eigenvalue weighted by Gasteiger charge is 2.27. The average Bonchev–Trinajstić information content (AvgIpc) is 3.41. The first-order chi connectivity index (χ1) is 14.8. The summed E-state index contributed by atoms with van der Waals surface area (Å²) in [6.07, 6.45) is 8.84. The molecule has 0 unspecified atom stereocenters. The lowest BCUT2D eigenvalue weighted by Crippen LogP contribution is -2.23. The molecular formula is C18H14ClN7O4S. The van der Waals surface area contributed by atoms with Crippen LogP contribution in [-0.4, -0.2) is 50.0 Å². The zero-order valence-corrected chi connectivity index (χ0v) is 17.5. The van der Waals surface area contributed by atoms with E-state index in [-0.39, 0.29) is 16.3 Å². The van der Waals surface area contributed by atoms with E-state index in [1.807, 2.05) is 0 Å². The highest BCUT2D eigenvalue weighted by Crippen LogP contribution is 2.27. The number of aromatic nitrogens is 4. The molecule has 0 atom stereocenters. The van der Waals surface area contributed by atoms with Crippen molar-refractivity contribution in [1.29, 1.82) is 0 Å². The molecule has 0 aliphatic carbocycles. The van der Waals surface area contributed by atoms with Crippen LogP contribution in [0.2, 0.25) is 5.02 Å². The summed E-state index contributed by atoms with van der Waals surface area (Å²) in [4.78, 5) is 18.4. The van der Waals surface area contributed by atoms with Gasteiger partial charge in [-0.3, -0.25) is 14.5 Å². The number of sulfonamides is 1. The number of nitrogens with zero attached hydrogens (tertiary/aromatic N) is 7. The van der Waals surface area contributed by atoms with Crippen molar-refractivity contribution in [1.82, 2.24) is 23.3 Å². The van der Waals surface area contributed by atoms with Gasteiger partial charge in [0.25, 0.3) is 15.7 Å². The molecule has 4 rings (SSSR count). The van der Waals surface area contributed by atoms with E-state index in [9.17, 15) is 18.5 Å². The van der Waals surface area contributed by atoms with Crippen LogP contribution in [0.25, 0.3) is 11.3 Å². The molecule has 0 fully saturated rings. The van der Waals surface area contributed by atoms with Crippen molar-refractivity contribution in [3.8, 4) is 5.69 Å². The average molecular weight is 460 g/mol. The number of fused-ring (bicyclic) bond motifs is 1. The van der Waals surface area contributed by atoms with Gasteiger partial charge in [0.05, 0.1) is 40.1 Å². The molecular weight excluding hydrogens is 446 g/mol. The number of nitro groups is 1. The minimum atomic E-state index is -4.24. The van der Waals surface area contributed by atoms with Crippen molar-refractivity contribution in [2.75, 3.05) is 7.05 Å². The molecule has 158 valence electrons. The maximum absolute atomic E-state index is 13.2. The van der Waals surface area contributed by atoms with E-state index in [1.54, 1.807) is 22.7 Å². The van der Waals surface area contributed by atoms with Gasteiger partial charge in [-0.2, -0.15) is 17.9 Å². The van der Waals surface area contributed by atoms with Crippen LogP contribution in [-0.2, 0) is 10.0 Å². The number of hydrazone groups is 1. The molecule has 3 heterocycles. The first kappa shape index (κ1) is 20.5. The second-order valence-corrected chi connectivity index (χ2v) is 8.68. The fraction of sp³-hybridized carbons (Fsp3) is 0.0556. The number of pyridine rings is 1. The Bertz CT molecular complexity index is 1410. The topological polar surface area (TPSA) is 128 Å². The second-order valence-electron chi connectivity index (χ2n) is 6.32. The smallest absolute Gasteiger partial charge is 0.281 e. The quantitative estimate of drug-likeness (QED) is 0.248. The summed E-state index contributed by atoms with van der Waals surface area (Å²) in [7, 11) is -3.01. The predicted molar refractivity (Wildman–Crippen MR) is 113 cm³/mol. The van der Waals surface area contributed by atoms with Crippen LogP contribution in [0.5, 0.6) is 0 Å². The molecule has 13 heteroatoms. The monoisotopic (exact) mass is 459 g/mol. The predicted octanol–water partition coefficient (Wildman–Crippen LogP) is 2.74. The third kappa shape index (κ3) is 3.85. The second kappa shape index (κ2) is 7.81. The molecule has 0 N–H and O–H groups in total. The van der Waals surface area contributed by atoms with Crippen molar-refractivity contribution in [3.63, 3.8) is 0 Å². The van der Waals surface area contributed by atoms with Crippen molar-refractivity contribution >= 4 is 39.2 Å².